The van der Waals surface area contributed by atoms with Gasteiger partial charge in [-0.05, 0) is 61.6 Å². The maximum absolute atomic E-state index is 12.6. The van der Waals surface area contributed by atoms with Crippen LogP contribution in [0.1, 0.15) is 44.6 Å². The number of benzene rings is 1. The van der Waals surface area contributed by atoms with Crippen molar-refractivity contribution in [3.8, 4) is 11.5 Å². The molecule has 3 rings (SSSR count). The molecule has 1 atom stereocenters. The molecular weight excluding hydrogens is 406 g/mol. The molecule has 1 aliphatic carbocycles. The average Bonchev–Trinajstić information content (AvgIpc) is 2.83. The summed E-state index contributed by atoms with van der Waals surface area (Å²) in [5.74, 6) is 1.47. The van der Waals surface area contributed by atoms with Crippen LogP contribution in [0.5, 0.6) is 11.5 Å². The number of nitrogens with one attached hydrogen (secondary N) is 2. The number of hydrogen-bond acceptors (Lipinski definition) is 5. The van der Waals surface area contributed by atoms with Crippen molar-refractivity contribution < 1.29 is 19.1 Å². The van der Waals surface area contributed by atoms with E-state index in [0.717, 1.165) is 11.3 Å². The summed E-state index contributed by atoms with van der Waals surface area (Å²) in [6.45, 7) is 2.25. The first kappa shape index (κ1) is 23.3. The minimum Gasteiger partial charge on any atom is -0.497 e. The van der Waals surface area contributed by atoms with Crippen LogP contribution >= 0.6 is 0 Å². The van der Waals surface area contributed by atoms with Crippen LogP contribution in [0.3, 0.4) is 0 Å². The van der Waals surface area contributed by atoms with Gasteiger partial charge in [0.1, 0.15) is 11.8 Å². The van der Waals surface area contributed by atoms with E-state index in [1.54, 1.807) is 38.4 Å². The SMILES string of the molecule is COc1ccc(/C=C/C(=O)N[C@H](C)C(=O)Nc2ncccc2OCC2CCCCC2)cc1. The molecule has 0 aliphatic heterocycles. The van der Waals surface area contributed by atoms with Crippen molar-refractivity contribution in [1.82, 2.24) is 10.3 Å². The zero-order valence-corrected chi connectivity index (χ0v) is 18.7. The molecule has 1 heterocycles. The molecule has 0 radical (unpaired) electrons. The topological polar surface area (TPSA) is 89.5 Å². The minimum absolute atomic E-state index is 0.363. The molecule has 2 aromatic rings. The van der Waals surface area contributed by atoms with Gasteiger partial charge in [-0.15, -0.1) is 0 Å². The third-order valence-electron chi connectivity index (χ3n) is 5.51. The molecule has 2 N–H and O–H groups in total. The largest absolute Gasteiger partial charge is 0.497 e. The molecule has 0 spiro atoms. The average molecular weight is 438 g/mol. The van der Waals surface area contributed by atoms with Crippen LogP contribution in [0.2, 0.25) is 0 Å². The lowest BCUT2D eigenvalue weighted by molar-refractivity contribution is -0.123. The normalized spacial score (nSPS) is 15.2. The van der Waals surface area contributed by atoms with Gasteiger partial charge < -0.3 is 20.1 Å². The Kier molecular flexibility index (Phi) is 8.66. The van der Waals surface area contributed by atoms with Crippen molar-refractivity contribution in [3.63, 3.8) is 0 Å². The Morgan fingerprint density at radius 3 is 2.62 bits per heavy atom. The predicted octanol–water partition coefficient (Wildman–Crippen LogP) is 4.21. The van der Waals surface area contributed by atoms with Gasteiger partial charge in [-0.2, -0.15) is 0 Å². The van der Waals surface area contributed by atoms with Crippen molar-refractivity contribution >= 4 is 23.7 Å². The number of carbonyl (C=O) groups excluding carboxylic acids is 2. The maximum atomic E-state index is 12.6. The highest BCUT2D eigenvalue weighted by molar-refractivity contribution is 5.99. The smallest absolute Gasteiger partial charge is 0.247 e. The first-order valence-electron chi connectivity index (χ1n) is 11.1. The number of ether oxygens (including phenoxy) is 2. The number of hydrogen-bond donors (Lipinski definition) is 2. The summed E-state index contributed by atoms with van der Waals surface area (Å²) in [5, 5.41) is 5.43. The highest BCUT2D eigenvalue weighted by Gasteiger charge is 2.19. The Balaban J connectivity index is 1.51. The van der Waals surface area contributed by atoms with E-state index >= 15 is 0 Å². The molecule has 1 fully saturated rings. The fraction of sp³-hybridized carbons (Fsp3) is 0.400. The van der Waals surface area contributed by atoms with Gasteiger partial charge in [0.15, 0.2) is 11.6 Å². The molecule has 7 heteroatoms. The van der Waals surface area contributed by atoms with Gasteiger partial charge in [-0.3, -0.25) is 9.59 Å². The summed E-state index contributed by atoms with van der Waals surface area (Å²) >= 11 is 0. The second-order valence-corrected chi connectivity index (χ2v) is 7.99. The number of pyridine rings is 1. The molecule has 1 saturated carbocycles. The lowest BCUT2D eigenvalue weighted by Gasteiger charge is -2.22. The number of anilines is 1. The Morgan fingerprint density at radius 1 is 1.16 bits per heavy atom. The van der Waals surface area contributed by atoms with E-state index < -0.39 is 6.04 Å². The van der Waals surface area contributed by atoms with Crippen LogP contribution in [0.25, 0.3) is 6.08 Å². The number of rotatable bonds is 9. The quantitative estimate of drug-likeness (QED) is 0.574. The molecule has 0 unspecified atom stereocenters. The molecule has 7 nitrogen and oxygen atoms in total. The lowest BCUT2D eigenvalue weighted by Crippen LogP contribution is -2.41. The number of aromatic nitrogens is 1. The van der Waals surface area contributed by atoms with E-state index in [9.17, 15) is 9.59 Å². The van der Waals surface area contributed by atoms with Gasteiger partial charge in [0.2, 0.25) is 11.8 Å². The standard InChI is InChI=1S/C25H31N3O4/c1-18(27-23(29)15-12-19-10-13-21(31-2)14-11-19)25(30)28-24-22(9-6-16-26-24)32-17-20-7-4-3-5-8-20/h6,9-16,18,20H,3-5,7-8,17H2,1-2H3,(H,27,29)(H,26,28,30)/b15-12+/t18-/m1/s1. The van der Waals surface area contributed by atoms with Gasteiger partial charge >= 0.3 is 0 Å². The summed E-state index contributed by atoms with van der Waals surface area (Å²) in [6.07, 6.45) is 10.8. The first-order valence-corrected chi connectivity index (χ1v) is 11.1. The molecule has 2 amide bonds. The van der Waals surface area contributed by atoms with Gasteiger partial charge in [0.05, 0.1) is 13.7 Å². The Labute approximate surface area is 189 Å². The van der Waals surface area contributed by atoms with Crippen LogP contribution in [-0.2, 0) is 9.59 Å². The van der Waals surface area contributed by atoms with E-state index in [-0.39, 0.29) is 11.8 Å². The first-order chi connectivity index (χ1) is 15.5. The second-order valence-electron chi connectivity index (χ2n) is 7.99. The molecule has 170 valence electrons. The van der Waals surface area contributed by atoms with Crippen molar-refractivity contribution in [1.29, 1.82) is 0 Å². The fourth-order valence-electron chi connectivity index (χ4n) is 3.60. The van der Waals surface area contributed by atoms with Gasteiger partial charge in [0, 0.05) is 12.3 Å². The molecule has 1 aromatic carbocycles. The lowest BCUT2D eigenvalue weighted by atomic mass is 9.90. The second kappa shape index (κ2) is 11.9. The molecule has 0 bridgehead atoms. The molecule has 1 aromatic heterocycles. The van der Waals surface area contributed by atoms with E-state index in [4.69, 9.17) is 9.47 Å². The summed E-state index contributed by atoms with van der Waals surface area (Å²) in [4.78, 5) is 29.0. The van der Waals surface area contributed by atoms with Crippen molar-refractivity contribution in [2.45, 2.75) is 45.1 Å². The number of amides is 2. The number of nitrogens with zero attached hydrogens (tertiary/aromatic N) is 1. The summed E-state index contributed by atoms with van der Waals surface area (Å²) in [6, 6.07) is 10.1. The predicted molar refractivity (Wildman–Crippen MR) is 125 cm³/mol. The monoisotopic (exact) mass is 437 g/mol. The van der Waals surface area contributed by atoms with E-state index in [1.807, 2.05) is 24.3 Å². The van der Waals surface area contributed by atoms with Gasteiger partial charge in [-0.25, -0.2) is 4.98 Å². The molecular formula is C25H31N3O4. The molecule has 1 aliphatic rings. The fourth-order valence-corrected chi connectivity index (χ4v) is 3.60. The van der Waals surface area contributed by atoms with Crippen molar-refractivity contribution in [2.75, 3.05) is 19.0 Å². The van der Waals surface area contributed by atoms with Crippen LogP contribution in [0.15, 0.2) is 48.7 Å². The number of carbonyl (C=O) groups is 2. The Hall–Kier alpha value is -3.35. The maximum Gasteiger partial charge on any atom is 0.247 e. The number of methoxy groups -OCH3 is 1. The summed E-state index contributed by atoms with van der Waals surface area (Å²) < 4.78 is 11.1. The van der Waals surface area contributed by atoms with E-state index in [0.29, 0.717) is 24.1 Å². The van der Waals surface area contributed by atoms with Crippen LogP contribution < -0.4 is 20.1 Å². The zero-order chi connectivity index (χ0) is 22.8. The van der Waals surface area contributed by atoms with Crippen molar-refractivity contribution in [2.24, 2.45) is 5.92 Å². The molecule has 32 heavy (non-hydrogen) atoms. The Morgan fingerprint density at radius 2 is 1.91 bits per heavy atom. The third-order valence-corrected chi connectivity index (χ3v) is 5.51. The zero-order valence-electron chi connectivity index (χ0n) is 18.7. The third kappa shape index (κ3) is 7.11. The summed E-state index contributed by atoms with van der Waals surface area (Å²) in [5.41, 5.74) is 0.853. The van der Waals surface area contributed by atoms with Crippen LogP contribution in [0.4, 0.5) is 5.82 Å². The highest BCUT2D eigenvalue weighted by Crippen LogP contribution is 2.27. The van der Waals surface area contributed by atoms with Crippen LogP contribution in [0, 0.1) is 5.92 Å². The minimum atomic E-state index is -0.740. The molecule has 0 saturated heterocycles. The summed E-state index contributed by atoms with van der Waals surface area (Å²) in [7, 11) is 1.60. The van der Waals surface area contributed by atoms with Gasteiger partial charge in [-0.1, -0.05) is 31.4 Å². The highest BCUT2D eigenvalue weighted by atomic mass is 16.5. The Bertz CT molecular complexity index is 921. The van der Waals surface area contributed by atoms with Crippen LogP contribution in [-0.4, -0.2) is 36.6 Å². The van der Waals surface area contributed by atoms with Crippen molar-refractivity contribution in [3.05, 3.63) is 54.2 Å². The van der Waals surface area contributed by atoms with E-state index in [1.165, 1.54) is 38.2 Å². The van der Waals surface area contributed by atoms with E-state index in [2.05, 4.69) is 15.6 Å². The van der Waals surface area contributed by atoms with Gasteiger partial charge in [0.25, 0.3) is 0 Å².